The molecule has 0 bridgehead atoms. The third-order valence-electron chi connectivity index (χ3n) is 1.69. The van der Waals surface area contributed by atoms with Crippen molar-refractivity contribution >= 4 is 6.29 Å². The first-order valence-corrected chi connectivity index (χ1v) is 3.85. The lowest BCUT2D eigenvalue weighted by molar-refractivity contribution is 0.112. The molecule has 0 aliphatic rings. The van der Waals surface area contributed by atoms with Crippen molar-refractivity contribution in [3.05, 3.63) is 47.4 Å². The van der Waals surface area contributed by atoms with Gasteiger partial charge in [-0.1, -0.05) is 24.3 Å². The van der Waals surface area contributed by atoms with Crippen LogP contribution in [-0.2, 0) is 6.42 Å². The molecule has 3 heteroatoms. The number of carbonyl (C=O) groups excluding carboxylic acids is 1. The highest BCUT2D eigenvalue weighted by Crippen LogP contribution is 2.07. The Bertz CT molecular complexity index is 325. The molecule has 13 heavy (non-hydrogen) atoms. The molecule has 0 aliphatic carbocycles. The Kier molecular flexibility index (Phi) is 3.09. The van der Waals surface area contributed by atoms with Crippen LogP contribution < -0.4 is 0 Å². The summed E-state index contributed by atoms with van der Waals surface area (Å²) in [4.78, 5) is 10.5. The molecule has 0 amide bonds. The van der Waals surface area contributed by atoms with Crippen molar-refractivity contribution in [1.29, 1.82) is 0 Å². The predicted molar refractivity (Wildman–Crippen MR) is 48.9 cm³/mol. The molecule has 0 aromatic heterocycles. The summed E-state index contributed by atoms with van der Waals surface area (Å²) in [5, 5.41) is 17.0. The van der Waals surface area contributed by atoms with Gasteiger partial charge in [0.2, 0.25) is 0 Å². The van der Waals surface area contributed by atoms with E-state index in [1.54, 1.807) is 24.3 Å². The highest BCUT2D eigenvalue weighted by Gasteiger charge is 1.98. The van der Waals surface area contributed by atoms with Crippen LogP contribution in [0.1, 0.15) is 15.9 Å². The molecular formula is C10H10O3. The summed E-state index contributed by atoms with van der Waals surface area (Å²) in [6, 6.07) is 7.01. The maximum Gasteiger partial charge on any atom is 0.270 e. The number of rotatable bonds is 3. The summed E-state index contributed by atoms with van der Waals surface area (Å²) in [5.41, 5.74) is 1.35. The van der Waals surface area contributed by atoms with Crippen molar-refractivity contribution in [2.24, 2.45) is 0 Å². The first-order valence-electron chi connectivity index (χ1n) is 3.85. The lowest BCUT2D eigenvalue weighted by Gasteiger charge is -1.99. The number of hydrogen-bond donors (Lipinski definition) is 2. The Morgan fingerprint density at radius 3 is 2.62 bits per heavy atom. The first-order chi connectivity index (χ1) is 6.24. The fraction of sp³-hybridized carbons (Fsp3) is 0.100. The minimum Gasteiger partial charge on any atom is -0.481 e. The van der Waals surface area contributed by atoms with Crippen molar-refractivity contribution in [1.82, 2.24) is 0 Å². The second-order valence-electron chi connectivity index (χ2n) is 2.58. The van der Waals surface area contributed by atoms with E-state index < -0.39 is 5.95 Å². The minimum absolute atomic E-state index is 0.344. The molecular weight excluding hydrogens is 168 g/mol. The van der Waals surface area contributed by atoms with Crippen LogP contribution in [0.15, 0.2) is 36.3 Å². The van der Waals surface area contributed by atoms with E-state index in [0.29, 0.717) is 12.0 Å². The average molecular weight is 178 g/mol. The van der Waals surface area contributed by atoms with Gasteiger partial charge in [-0.3, -0.25) is 4.79 Å². The number of hydrogen-bond acceptors (Lipinski definition) is 3. The van der Waals surface area contributed by atoms with Crippen LogP contribution in [0, 0.1) is 0 Å². The lowest BCUT2D eigenvalue weighted by Crippen LogP contribution is -1.91. The Morgan fingerprint density at radius 1 is 1.31 bits per heavy atom. The third-order valence-corrected chi connectivity index (χ3v) is 1.69. The largest absolute Gasteiger partial charge is 0.481 e. The number of aldehydes is 1. The molecule has 0 fully saturated rings. The Balaban J connectivity index is 2.87. The van der Waals surface area contributed by atoms with Crippen LogP contribution in [0.4, 0.5) is 0 Å². The number of aliphatic hydroxyl groups is 2. The lowest BCUT2D eigenvalue weighted by atomic mass is 10.1. The fourth-order valence-electron chi connectivity index (χ4n) is 1.04. The van der Waals surface area contributed by atoms with E-state index in [1.165, 1.54) is 6.08 Å². The summed E-state index contributed by atoms with van der Waals surface area (Å²) in [5.74, 6) is -0.722. The Morgan fingerprint density at radius 2 is 2.00 bits per heavy atom. The smallest absolute Gasteiger partial charge is 0.270 e. The SMILES string of the molecule is O=Cc1ccccc1CC=C(O)O. The molecule has 1 aromatic carbocycles. The number of carbonyl (C=O) groups is 1. The Labute approximate surface area is 76.0 Å². The summed E-state index contributed by atoms with van der Waals surface area (Å²) in [7, 11) is 0. The first kappa shape index (κ1) is 9.32. The molecule has 0 saturated carbocycles. The van der Waals surface area contributed by atoms with E-state index in [-0.39, 0.29) is 0 Å². The number of benzene rings is 1. The van der Waals surface area contributed by atoms with Crippen LogP contribution >= 0.6 is 0 Å². The second kappa shape index (κ2) is 4.30. The molecule has 0 unspecified atom stereocenters. The molecule has 0 aliphatic heterocycles. The molecule has 0 heterocycles. The fourth-order valence-corrected chi connectivity index (χ4v) is 1.04. The van der Waals surface area contributed by atoms with Crippen LogP contribution in [-0.4, -0.2) is 16.5 Å². The molecule has 0 radical (unpaired) electrons. The molecule has 0 saturated heterocycles. The van der Waals surface area contributed by atoms with Gasteiger partial charge in [0.1, 0.15) is 6.29 Å². The van der Waals surface area contributed by atoms with Gasteiger partial charge in [0, 0.05) is 11.6 Å². The van der Waals surface area contributed by atoms with Crippen molar-refractivity contribution in [2.75, 3.05) is 0 Å². The van der Waals surface area contributed by atoms with Crippen LogP contribution in [0.3, 0.4) is 0 Å². The third kappa shape index (κ3) is 2.63. The van der Waals surface area contributed by atoms with Crippen LogP contribution in [0.2, 0.25) is 0 Å². The highest BCUT2D eigenvalue weighted by atomic mass is 16.5. The molecule has 1 aromatic rings. The minimum atomic E-state index is -0.722. The van der Waals surface area contributed by atoms with Crippen molar-refractivity contribution < 1.29 is 15.0 Å². The van der Waals surface area contributed by atoms with E-state index >= 15 is 0 Å². The normalized spacial score (nSPS) is 9.23. The standard InChI is InChI=1S/C10H10O3/c11-7-9-4-2-1-3-8(9)5-6-10(12)13/h1-4,6-7,12-13H,5H2. The quantitative estimate of drug-likeness (QED) is 0.549. The van der Waals surface area contributed by atoms with E-state index in [1.807, 2.05) is 0 Å². The average Bonchev–Trinajstić information content (AvgIpc) is 2.15. The topological polar surface area (TPSA) is 57.5 Å². The van der Waals surface area contributed by atoms with Crippen molar-refractivity contribution in [3.8, 4) is 0 Å². The zero-order chi connectivity index (χ0) is 9.68. The van der Waals surface area contributed by atoms with Gasteiger partial charge in [-0.05, 0) is 12.0 Å². The van der Waals surface area contributed by atoms with Gasteiger partial charge in [-0.2, -0.15) is 0 Å². The van der Waals surface area contributed by atoms with E-state index in [2.05, 4.69) is 0 Å². The van der Waals surface area contributed by atoms with Gasteiger partial charge >= 0.3 is 0 Å². The van der Waals surface area contributed by atoms with Crippen LogP contribution in [0.5, 0.6) is 0 Å². The second-order valence-corrected chi connectivity index (χ2v) is 2.58. The van der Waals surface area contributed by atoms with E-state index in [0.717, 1.165) is 11.8 Å². The van der Waals surface area contributed by atoms with Gasteiger partial charge in [0.15, 0.2) is 0 Å². The monoisotopic (exact) mass is 178 g/mol. The Hall–Kier alpha value is -1.77. The van der Waals surface area contributed by atoms with Gasteiger partial charge in [-0.25, -0.2) is 0 Å². The molecule has 2 N–H and O–H groups in total. The summed E-state index contributed by atoms with van der Waals surface area (Å²) in [6.45, 7) is 0. The summed E-state index contributed by atoms with van der Waals surface area (Å²) >= 11 is 0. The summed E-state index contributed by atoms with van der Waals surface area (Å²) < 4.78 is 0. The number of aliphatic hydroxyl groups excluding tert-OH is 1. The predicted octanol–water partition coefficient (Wildman–Crippen LogP) is 2.00. The van der Waals surface area contributed by atoms with Gasteiger partial charge < -0.3 is 10.2 Å². The van der Waals surface area contributed by atoms with Crippen LogP contribution in [0.25, 0.3) is 0 Å². The maximum atomic E-state index is 10.5. The highest BCUT2D eigenvalue weighted by molar-refractivity contribution is 5.77. The van der Waals surface area contributed by atoms with E-state index in [9.17, 15) is 4.79 Å². The molecule has 68 valence electrons. The van der Waals surface area contributed by atoms with Crippen molar-refractivity contribution in [3.63, 3.8) is 0 Å². The molecule has 1 rings (SSSR count). The maximum absolute atomic E-state index is 10.5. The molecule has 3 nitrogen and oxygen atoms in total. The van der Waals surface area contributed by atoms with Crippen molar-refractivity contribution in [2.45, 2.75) is 6.42 Å². The number of allylic oxidation sites excluding steroid dienone is 1. The summed E-state index contributed by atoms with van der Waals surface area (Å²) in [6.07, 6.45) is 2.33. The van der Waals surface area contributed by atoms with Gasteiger partial charge in [0.25, 0.3) is 5.95 Å². The van der Waals surface area contributed by atoms with Gasteiger partial charge in [0.05, 0.1) is 0 Å². The van der Waals surface area contributed by atoms with Gasteiger partial charge in [-0.15, -0.1) is 0 Å². The molecule has 0 spiro atoms. The zero-order valence-electron chi connectivity index (χ0n) is 6.97. The van der Waals surface area contributed by atoms with E-state index in [4.69, 9.17) is 10.2 Å². The molecule has 0 atom stereocenters. The zero-order valence-corrected chi connectivity index (χ0v) is 6.97.